The van der Waals surface area contributed by atoms with E-state index < -0.39 is 10.0 Å². The lowest BCUT2D eigenvalue weighted by atomic mass is 10.0. The standard InChI is InChI=1S/C20H23BrN2O3S/c1-12(2)15-5-7-17(8-6-15)22-27(25,26)20-11-19-16(10-18(20)21)9-13(3)23(19)14(4)24/h5-8,10-13,22H,9H2,1-4H3. The van der Waals surface area contributed by atoms with Crippen LogP contribution in [-0.2, 0) is 21.2 Å². The molecule has 0 aromatic heterocycles. The average Bonchev–Trinajstić information content (AvgIpc) is 2.88. The number of anilines is 2. The van der Waals surface area contributed by atoms with Crippen LogP contribution in [0.3, 0.4) is 0 Å². The molecule has 0 bridgehead atoms. The van der Waals surface area contributed by atoms with Crippen molar-refractivity contribution in [1.82, 2.24) is 0 Å². The number of nitrogens with zero attached hydrogens (tertiary/aromatic N) is 1. The molecular weight excluding hydrogens is 428 g/mol. The van der Waals surface area contributed by atoms with E-state index in [4.69, 9.17) is 0 Å². The third-order valence-electron chi connectivity index (χ3n) is 4.81. The predicted octanol–water partition coefficient (Wildman–Crippen LogP) is 4.67. The van der Waals surface area contributed by atoms with Gasteiger partial charge in [0.15, 0.2) is 0 Å². The lowest BCUT2D eigenvalue weighted by molar-refractivity contribution is -0.116. The van der Waals surface area contributed by atoms with E-state index in [1.807, 2.05) is 19.1 Å². The van der Waals surface area contributed by atoms with E-state index in [-0.39, 0.29) is 16.8 Å². The summed E-state index contributed by atoms with van der Waals surface area (Å²) in [6.45, 7) is 7.62. The summed E-state index contributed by atoms with van der Waals surface area (Å²) < 4.78 is 29.0. The lowest BCUT2D eigenvalue weighted by Gasteiger charge is -2.21. The first-order chi connectivity index (χ1) is 12.6. The highest BCUT2D eigenvalue weighted by Gasteiger charge is 2.32. The largest absolute Gasteiger partial charge is 0.309 e. The van der Waals surface area contributed by atoms with Crippen molar-refractivity contribution >= 4 is 43.2 Å². The Morgan fingerprint density at radius 1 is 1.22 bits per heavy atom. The Bertz CT molecular complexity index is 985. The molecule has 1 aliphatic rings. The minimum absolute atomic E-state index is 0.0129. The van der Waals surface area contributed by atoms with E-state index in [2.05, 4.69) is 34.5 Å². The minimum atomic E-state index is -3.80. The summed E-state index contributed by atoms with van der Waals surface area (Å²) in [5.74, 6) is 0.283. The van der Waals surface area contributed by atoms with Gasteiger partial charge < -0.3 is 4.90 Å². The van der Waals surface area contributed by atoms with Gasteiger partial charge in [-0.1, -0.05) is 26.0 Å². The molecule has 1 aliphatic heterocycles. The van der Waals surface area contributed by atoms with Gasteiger partial charge in [-0.05, 0) is 70.6 Å². The molecule has 1 N–H and O–H groups in total. The molecule has 1 heterocycles. The zero-order valence-electron chi connectivity index (χ0n) is 15.8. The molecule has 0 fully saturated rings. The molecule has 0 radical (unpaired) electrons. The van der Waals surface area contributed by atoms with Crippen LogP contribution in [0.1, 0.15) is 44.7 Å². The first-order valence-corrected chi connectivity index (χ1v) is 11.1. The van der Waals surface area contributed by atoms with Gasteiger partial charge in [-0.25, -0.2) is 8.42 Å². The molecule has 1 atom stereocenters. The Balaban J connectivity index is 1.97. The number of nitrogens with one attached hydrogen (secondary N) is 1. The maximum Gasteiger partial charge on any atom is 0.263 e. The van der Waals surface area contributed by atoms with Gasteiger partial charge in [-0.3, -0.25) is 9.52 Å². The van der Waals surface area contributed by atoms with E-state index in [1.165, 1.54) is 6.92 Å². The number of hydrogen-bond acceptors (Lipinski definition) is 3. The number of sulfonamides is 1. The highest BCUT2D eigenvalue weighted by Crippen LogP contribution is 2.38. The van der Waals surface area contributed by atoms with Crippen molar-refractivity contribution < 1.29 is 13.2 Å². The van der Waals surface area contributed by atoms with E-state index in [0.29, 0.717) is 28.2 Å². The maximum atomic E-state index is 13.0. The molecule has 27 heavy (non-hydrogen) atoms. The maximum absolute atomic E-state index is 13.0. The highest BCUT2D eigenvalue weighted by atomic mass is 79.9. The Morgan fingerprint density at radius 3 is 2.41 bits per heavy atom. The van der Waals surface area contributed by atoms with Crippen LogP contribution in [0.15, 0.2) is 45.8 Å². The van der Waals surface area contributed by atoms with Gasteiger partial charge in [0.2, 0.25) is 5.91 Å². The SMILES string of the molecule is CC(=O)N1c2cc(S(=O)(=O)Nc3ccc(C(C)C)cc3)c(Br)cc2CC1C. The molecule has 2 aromatic rings. The molecule has 5 nitrogen and oxygen atoms in total. The third-order valence-corrected chi connectivity index (χ3v) is 7.15. The van der Waals surface area contributed by atoms with Gasteiger partial charge in [-0.15, -0.1) is 0 Å². The lowest BCUT2D eigenvalue weighted by Crippen LogP contribution is -2.33. The second kappa shape index (κ2) is 7.28. The zero-order valence-corrected chi connectivity index (χ0v) is 18.2. The molecule has 0 spiro atoms. The normalized spacial score (nSPS) is 16.5. The second-order valence-corrected chi connectivity index (χ2v) is 9.74. The third kappa shape index (κ3) is 3.89. The number of fused-ring (bicyclic) bond motifs is 1. The number of halogens is 1. The number of carbonyl (C=O) groups is 1. The Kier molecular flexibility index (Phi) is 5.36. The van der Waals surface area contributed by atoms with Crippen LogP contribution >= 0.6 is 15.9 Å². The van der Waals surface area contributed by atoms with Crippen molar-refractivity contribution in [3.63, 3.8) is 0 Å². The van der Waals surface area contributed by atoms with E-state index >= 15 is 0 Å². The summed E-state index contributed by atoms with van der Waals surface area (Å²) in [5, 5.41) is 0. The van der Waals surface area contributed by atoms with Gasteiger partial charge in [-0.2, -0.15) is 0 Å². The number of rotatable bonds is 4. The molecule has 0 saturated carbocycles. The number of amides is 1. The number of benzene rings is 2. The summed E-state index contributed by atoms with van der Waals surface area (Å²) >= 11 is 3.38. The quantitative estimate of drug-likeness (QED) is 0.735. The second-order valence-electron chi connectivity index (χ2n) is 7.24. The van der Waals surface area contributed by atoms with Gasteiger partial charge in [0.05, 0.1) is 0 Å². The van der Waals surface area contributed by atoms with Crippen molar-refractivity contribution in [2.24, 2.45) is 0 Å². The van der Waals surface area contributed by atoms with Crippen LogP contribution < -0.4 is 9.62 Å². The Morgan fingerprint density at radius 2 is 1.85 bits per heavy atom. The first kappa shape index (κ1) is 19.9. The fourth-order valence-corrected chi connectivity index (χ4v) is 5.62. The molecule has 2 aromatic carbocycles. The van der Waals surface area contributed by atoms with Crippen LogP contribution in [0.2, 0.25) is 0 Å². The Labute approximate surface area is 169 Å². The molecular formula is C20H23BrN2O3S. The first-order valence-electron chi connectivity index (χ1n) is 8.85. The number of hydrogen-bond donors (Lipinski definition) is 1. The smallest absolute Gasteiger partial charge is 0.263 e. The number of carbonyl (C=O) groups excluding carboxylic acids is 1. The molecule has 0 saturated heterocycles. The average molecular weight is 451 g/mol. The molecule has 1 unspecified atom stereocenters. The molecule has 1 amide bonds. The van der Waals surface area contributed by atoms with Crippen LogP contribution in [0.5, 0.6) is 0 Å². The molecule has 144 valence electrons. The minimum Gasteiger partial charge on any atom is -0.309 e. The van der Waals surface area contributed by atoms with Crippen molar-refractivity contribution in [3.8, 4) is 0 Å². The summed E-state index contributed by atoms with van der Waals surface area (Å²) in [7, 11) is -3.80. The highest BCUT2D eigenvalue weighted by molar-refractivity contribution is 9.10. The molecule has 3 rings (SSSR count). The van der Waals surface area contributed by atoms with Crippen molar-refractivity contribution in [2.45, 2.75) is 51.0 Å². The summed E-state index contributed by atoms with van der Waals surface area (Å²) in [6.07, 6.45) is 0.706. The molecule has 0 aliphatic carbocycles. The molecule has 7 heteroatoms. The topological polar surface area (TPSA) is 66.5 Å². The van der Waals surface area contributed by atoms with Crippen molar-refractivity contribution in [2.75, 3.05) is 9.62 Å². The van der Waals surface area contributed by atoms with Gasteiger partial charge in [0.1, 0.15) is 4.90 Å². The van der Waals surface area contributed by atoms with Gasteiger partial charge in [0, 0.05) is 28.8 Å². The zero-order chi connectivity index (χ0) is 19.9. The van der Waals surface area contributed by atoms with Crippen LogP contribution in [0.25, 0.3) is 0 Å². The summed E-state index contributed by atoms with van der Waals surface area (Å²) in [5.41, 5.74) is 3.27. The van der Waals surface area contributed by atoms with Crippen molar-refractivity contribution in [1.29, 1.82) is 0 Å². The van der Waals surface area contributed by atoms with Gasteiger partial charge >= 0.3 is 0 Å². The van der Waals surface area contributed by atoms with Gasteiger partial charge in [0.25, 0.3) is 10.0 Å². The van der Waals surface area contributed by atoms with Crippen molar-refractivity contribution in [3.05, 3.63) is 52.0 Å². The van der Waals surface area contributed by atoms with E-state index in [1.54, 1.807) is 29.2 Å². The Hall–Kier alpha value is -1.86. The predicted molar refractivity (Wildman–Crippen MR) is 112 cm³/mol. The van der Waals surface area contributed by atoms with E-state index in [9.17, 15) is 13.2 Å². The van der Waals surface area contributed by atoms with E-state index in [0.717, 1.165) is 11.1 Å². The monoisotopic (exact) mass is 450 g/mol. The fraction of sp³-hybridized carbons (Fsp3) is 0.350. The van der Waals surface area contributed by atoms with Crippen LogP contribution in [0, 0.1) is 0 Å². The van der Waals surface area contributed by atoms with Crippen LogP contribution in [-0.4, -0.2) is 20.4 Å². The fourth-order valence-electron chi connectivity index (χ4n) is 3.45. The van der Waals surface area contributed by atoms with Crippen LogP contribution in [0.4, 0.5) is 11.4 Å². The summed E-state index contributed by atoms with van der Waals surface area (Å²) in [6, 6.07) is 10.7. The summed E-state index contributed by atoms with van der Waals surface area (Å²) in [4.78, 5) is 13.8.